The van der Waals surface area contributed by atoms with Crippen molar-refractivity contribution in [3.63, 3.8) is 0 Å². The van der Waals surface area contributed by atoms with Crippen molar-refractivity contribution in [3.05, 3.63) is 71.0 Å². The number of nitrogens with one attached hydrogen (secondary N) is 2. The Morgan fingerprint density at radius 1 is 1.07 bits per heavy atom. The van der Waals surface area contributed by atoms with Crippen LogP contribution in [0.25, 0.3) is 0 Å². The Balaban J connectivity index is 2.15. The number of halogens is 4. The molecule has 148 valence electrons. The number of urea groups is 1. The predicted molar refractivity (Wildman–Crippen MR) is 90.8 cm³/mol. The monoisotopic (exact) mass is 396 g/mol. The predicted octanol–water partition coefficient (Wildman–Crippen LogP) is 3.24. The highest BCUT2D eigenvalue weighted by atomic mass is 19.4. The summed E-state index contributed by atoms with van der Waals surface area (Å²) >= 11 is 0. The molecule has 0 radical (unpaired) electrons. The third-order valence-corrected chi connectivity index (χ3v) is 4.65. The molecule has 5 nitrogen and oxygen atoms in total. The van der Waals surface area contributed by atoms with Gasteiger partial charge >= 0.3 is 12.2 Å². The molecule has 0 spiro atoms. The molecule has 0 aromatic heterocycles. The number of ketones is 1. The van der Waals surface area contributed by atoms with Crippen LogP contribution in [-0.2, 0) is 0 Å². The fourth-order valence-electron chi connectivity index (χ4n) is 3.18. The van der Waals surface area contributed by atoms with Crippen molar-refractivity contribution >= 4 is 11.8 Å². The molecule has 0 saturated carbocycles. The zero-order valence-electron chi connectivity index (χ0n) is 14.5. The van der Waals surface area contributed by atoms with Crippen LogP contribution >= 0.6 is 0 Å². The van der Waals surface area contributed by atoms with Gasteiger partial charge in [-0.05, 0) is 36.8 Å². The topological polar surface area (TPSA) is 78.4 Å². The van der Waals surface area contributed by atoms with E-state index in [9.17, 15) is 32.3 Å². The van der Waals surface area contributed by atoms with Crippen molar-refractivity contribution in [1.82, 2.24) is 10.6 Å². The minimum Gasteiger partial charge on any atom is -0.363 e. The minimum absolute atomic E-state index is 0.212. The molecule has 1 fully saturated rings. The van der Waals surface area contributed by atoms with E-state index in [2.05, 4.69) is 5.32 Å². The number of Topliss-reactive ketones (excluding diaryl/α,β-unsaturated/α-hetero) is 1. The number of carbonyl (C=O) groups is 2. The average molecular weight is 396 g/mol. The molecule has 1 heterocycles. The van der Waals surface area contributed by atoms with Crippen molar-refractivity contribution < 1.29 is 32.3 Å². The summed E-state index contributed by atoms with van der Waals surface area (Å²) in [6, 6.07) is 7.32. The summed E-state index contributed by atoms with van der Waals surface area (Å²) in [6.45, 7) is 1.76. The third kappa shape index (κ3) is 3.45. The molecule has 28 heavy (non-hydrogen) atoms. The van der Waals surface area contributed by atoms with Gasteiger partial charge in [0.05, 0.1) is 6.04 Å². The van der Waals surface area contributed by atoms with Crippen LogP contribution in [0.1, 0.15) is 27.5 Å². The summed E-state index contributed by atoms with van der Waals surface area (Å²) in [7, 11) is 0. The van der Waals surface area contributed by atoms with Gasteiger partial charge in [0.25, 0.3) is 0 Å². The minimum atomic E-state index is -5.34. The van der Waals surface area contributed by atoms with Crippen LogP contribution in [-0.4, -0.2) is 28.8 Å². The molecule has 0 aliphatic carbocycles. The van der Waals surface area contributed by atoms with Gasteiger partial charge in [-0.15, -0.1) is 0 Å². The van der Waals surface area contributed by atoms with Gasteiger partial charge in [-0.25, -0.2) is 9.18 Å². The van der Waals surface area contributed by atoms with Crippen molar-refractivity contribution in [1.29, 1.82) is 0 Å². The third-order valence-electron chi connectivity index (χ3n) is 4.65. The van der Waals surface area contributed by atoms with Crippen LogP contribution in [0.3, 0.4) is 0 Å². The van der Waals surface area contributed by atoms with Crippen LogP contribution in [0.2, 0.25) is 0 Å². The number of hydrogen-bond donors (Lipinski definition) is 3. The summed E-state index contributed by atoms with van der Waals surface area (Å²) in [4.78, 5) is 24.8. The fourth-order valence-corrected chi connectivity index (χ4v) is 3.18. The molecule has 2 aromatic rings. The van der Waals surface area contributed by atoms with Crippen molar-refractivity contribution in [2.45, 2.75) is 24.9 Å². The normalized spacial score (nSPS) is 25.0. The quantitative estimate of drug-likeness (QED) is 0.551. The Hall–Kier alpha value is -2.94. The Morgan fingerprint density at radius 2 is 1.64 bits per heavy atom. The molecule has 1 saturated heterocycles. The van der Waals surface area contributed by atoms with E-state index in [0.717, 1.165) is 29.8 Å². The highest BCUT2D eigenvalue weighted by Crippen LogP contribution is 2.43. The zero-order valence-corrected chi connectivity index (χ0v) is 14.5. The molecule has 3 rings (SSSR count). The molecule has 3 N–H and O–H groups in total. The van der Waals surface area contributed by atoms with E-state index in [-0.39, 0.29) is 11.1 Å². The van der Waals surface area contributed by atoms with Crippen LogP contribution in [0.4, 0.5) is 22.4 Å². The lowest BCUT2D eigenvalue weighted by Gasteiger charge is -2.45. The van der Waals surface area contributed by atoms with Gasteiger partial charge in [-0.2, -0.15) is 13.2 Å². The number of rotatable bonds is 3. The van der Waals surface area contributed by atoms with Crippen molar-refractivity contribution in [3.8, 4) is 0 Å². The maximum absolute atomic E-state index is 13.7. The number of aliphatic hydroxyl groups is 1. The molecule has 9 heteroatoms. The van der Waals surface area contributed by atoms with E-state index in [4.69, 9.17) is 0 Å². The highest BCUT2D eigenvalue weighted by Gasteiger charge is 2.66. The number of benzene rings is 2. The van der Waals surface area contributed by atoms with E-state index < -0.39 is 41.5 Å². The SMILES string of the molecule is Cc1ccc([C@H]2NC(=O)N[C@](O)(C(F)(F)F)[C@@H]2C(=O)c2ccc(F)cc2)cc1. The van der Waals surface area contributed by atoms with Crippen molar-refractivity contribution in [2.24, 2.45) is 5.92 Å². The summed E-state index contributed by atoms with van der Waals surface area (Å²) < 4.78 is 54.4. The lowest BCUT2D eigenvalue weighted by atomic mass is 9.77. The van der Waals surface area contributed by atoms with E-state index in [0.29, 0.717) is 0 Å². The van der Waals surface area contributed by atoms with Gasteiger partial charge in [-0.3, -0.25) is 4.79 Å². The first kappa shape index (κ1) is 19.8. The van der Waals surface area contributed by atoms with Gasteiger partial charge in [0.15, 0.2) is 5.78 Å². The number of amides is 2. The second-order valence-corrected chi connectivity index (χ2v) is 6.60. The number of carbonyl (C=O) groups excluding carboxylic acids is 2. The lowest BCUT2D eigenvalue weighted by Crippen LogP contribution is -2.72. The van der Waals surface area contributed by atoms with Crippen LogP contribution in [0.5, 0.6) is 0 Å². The molecule has 0 unspecified atom stereocenters. The maximum Gasteiger partial charge on any atom is 0.437 e. The molecule has 2 amide bonds. The number of aryl methyl sites for hydroxylation is 1. The first-order valence-corrected chi connectivity index (χ1v) is 8.27. The first-order chi connectivity index (χ1) is 13.0. The molecule has 0 bridgehead atoms. The smallest absolute Gasteiger partial charge is 0.363 e. The fraction of sp³-hybridized carbons (Fsp3) is 0.263. The molecule has 1 aliphatic heterocycles. The molecule has 2 aromatic carbocycles. The molecule has 1 aliphatic rings. The van der Waals surface area contributed by atoms with Gasteiger partial charge < -0.3 is 15.7 Å². The standard InChI is InChI=1S/C19H16F4N2O3/c1-10-2-4-11(5-3-10)15-14(16(26)12-6-8-13(20)9-7-12)18(28,19(21,22)23)25-17(27)24-15/h2-9,14-15,28H,1H3,(H2,24,25,27)/t14-,15+,18+/m0/s1. The summed E-state index contributed by atoms with van der Waals surface area (Å²) in [6.07, 6.45) is -5.34. The zero-order chi connectivity index (χ0) is 20.7. The second-order valence-electron chi connectivity index (χ2n) is 6.60. The Kier molecular flexibility index (Phi) is 4.88. The Bertz CT molecular complexity index is 897. The number of alkyl halides is 3. The molecular weight excluding hydrogens is 380 g/mol. The summed E-state index contributed by atoms with van der Waals surface area (Å²) in [5.41, 5.74) is -3.01. The Labute approximate surface area is 157 Å². The highest BCUT2D eigenvalue weighted by molar-refractivity contribution is 6.00. The summed E-state index contributed by atoms with van der Waals surface area (Å²) in [5, 5.41) is 14.1. The van der Waals surface area contributed by atoms with Gasteiger partial charge in [0.1, 0.15) is 11.7 Å². The van der Waals surface area contributed by atoms with E-state index in [1.54, 1.807) is 19.1 Å². The first-order valence-electron chi connectivity index (χ1n) is 8.27. The van der Waals surface area contributed by atoms with E-state index >= 15 is 0 Å². The molecular formula is C19H16F4N2O3. The Morgan fingerprint density at radius 3 is 2.18 bits per heavy atom. The van der Waals surface area contributed by atoms with Crippen LogP contribution < -0.4 is 10.6 Å². The largest absolute Gasteiger partial charge is 0.437 e. The lowest BCUT2D eigenvalue weighted by molar-refractivity contribution is -0.287. The molecule has 3 atom stereocenters. The van der Waals surface area contributed by atoms with Gasteiger partial charge in [0.2, 0.25) is 5.72 Å². The van der Waals surface area contributed by atoms with Crippen LogP contribution in [0, 0.1) is 18.7 Å². The summed E-state index contributed by atoms with van der Waals surface area (Å²) in [5.74, 6) is -3.91. The maximum atomic E-state index is 13.7. The average Bonchev–Trinajstić information content (AvgIpc) is 2.61. The number of hydrogen-bond acceptors (Lipinski definition) is 3. The second kappa shape index (κ2) is 6.90. The van der Waals surface area contributed by atoms with E-state index in [1.807, 2.05) is 0 Å². The van der Waals surface area contributed by atoms with Crippen molar-refractivity contribution in [2.75, 3.05) is 0 Å². The van der Waals surface area contributed by atoms with Gasteiger partial charge in [-0.1, -0.05) is 29.8 Å². The van der Waals surface area contributed by atoms with Gasteiger partial charge in [0, 0.05) is 5.56 Å². The van der Waals surface area contributed by atoms with Crippen LogP contribution in [0.15, 0.2) is 48.5 Å². The van der Waals surface area contributed by atoms with E-state index in [1.165, 1.54) is 17.4 Å².